The minimum Gasteiger partial charge on any atom is -0.383 e. The summed E-state index contributed by atoms with van der Waals surface area (Å²) in [6, 6.07) is 9.28. The van der Waals surface area contributed by atoms with Gasteiger partial charge >= 0.3 is 0 Å². The largest absolute Gasteiger partial charge is 0.383 e. The van der Waals surface area contributed by atoms with E-state index in [4.69, 9.17) is 10.5 Å². The first kappa shape index (κ1) is 19.2. The normalized spacial score (nSPS) is 13.0. The van der Waals surface area contributed by atoms with E-state index < -0.39 is 6.04 Å². The van der Waals surface area contributed by atoms with Crippen molar-refractivity contribution in [3.63, 3.8) is 0 Å². The molecule has 7 heteroatoms. The van der Waals surface area contributed by atoms with E-state index in [1.165, 1.54) is 12.7 Å². The highest BCUT2D eigenvalue weighted by atomic mass is 35.5. The standard InChI is InChI=1S/C16H22N4O2.ClH/c1-12(19-16(21)15(17)11-22-2)14-8-18-20(10-14)9-13-6-4-3-5-7-13;/h3-8,10,12,15H,9,11,17H2,1-2H3,(H,19,21);1H. The molecular formula is C16H23ClN4O2. The van der Waals surface area contributed by atoms with Crippen molar-refractivity contribution in [2.75, 3.05) is 13.7 Å². The van der Waals surface area contributed by atoms with Crippen LogP contribution in [0.25, 0.3) is 0 Å². The maximum Gasteiger partial charge on any atom is 0.239 e. The van der Waals surface area contributed by atoms with E-state index in [1.807, 2.05) is 36.0 Å². The van der Waals surface area contributed by atoms with Crippen LogP contribution in [0, 0.1) is 0 Å². The van der Waals surface area contributed by atoms with Crippen molar-refractivity contribution in [2.45, 2.75) is 25.6 Å². The molecule has 0 aliphatic carbocycles. The Bertz CT molecular complexity index is 603. The third kappa shape index (κ3) is 5.67. The van der Waals surface area contributed by atoms with Gasteiger partial charge in [-0.1, -0.05) is 30.3 Å². The summed E-state index contributed by atoms with van der Waals surface area (Å²) < 4.78 is 6.73. The third-order valence-corrected chi connectivity index (χ3v) is 3.38. The fourth-order valence-corrected chi connectivity index (χ4v) is 2.12. The third-order valence-electron chi connectivity index (χ3n) is 3.38. The molecule has 6 nitrogen and oxygen atoms in total. The SMILES string of the molecule is COCC(N)C(=O)NC(C)c1cnn(Cc2ccccc2)c1.Cl. The number of nitrogens with two attached hydrogens (primary N) is 1. The van der Waals surface area contributed by atoms with Crippen molar-refractivity contribution in [1.82, 2.24) is 15.1 Å². The summed E-state index contributed by atoms with van der Waals surface area (Å²) >= 11 is 0. The molecule has 23 heavy (non-hydrogen) atoms. The maximum atomic E-state index is 11.9. The van der Waals surface area contributed by atoms with Crippen molar-refractivity contribution in [3.05, 3.63) is 53.9 Å². The molecule has 1 aromatic heterocycles. The minimum absolute atomic E-state index is 0. The van der Waals surface area contributed by atoms with Crippen molar-refractivity contribution in [2.24, 2.45) is 5.73 Å². The number of nitrogens with one attached hydrogen (secondary N) is 1. The van der Waals surface area contributed by atoms with Gasteiger partial charge in [0, 0.05) is 18.9 Å². The van der Waals surface area contributed by atoms with Gasteiger partial charge in [-0.15, -0.1) is 12.4 Å². The predicted molar refractivity (Wildman–Crippen MR) is 91.4 cm³/mol. The Morgan fingerprint density at radius 1 is 1.39 bits per heavy atom. The molecule has 2 rings (SSSR count). The van der Waals surface area contributed by atoms with Crippen LogP contribution >= 0.6 is 12.4 Å². The smallest absolute Gasteiger partial charge is 0.239 e. The lowest BCUT2D eigenvalue weighted by molar-refractivity contribution is -0.124. The number of carbonyl (C=O) groups is 1. The van der Waals surface area contributed by atoms with Crippen LogP contribution in [0.15, 0.2) is 42.7 Å². The number of hydrogen-bond donors (Lipinski definition) is 2. The molecule has 0 aliphatic heterocycles. The molecule has 0 fully saturated rings. The lowest BCUT2D eigenvalue weighted by Gasteiger charge is -2.15. The van der Waals surface area contributed by atoms with Gasteiger partial charge in [-0.2, -0.15) is 5.10 Å². The van der Waals surface area contributed by atoms with Crippen LogP contribution in [0.5, 0.6) is 0 Å². The van der Waals surface area contributed by atoms with Gasteiger partial charge < -0.3 is 15.8 Å². The number of aromatic nitrogens is 2. The summed E-state index contributed by atoms with van der Waals surface area (Å²) in [7, 11) is 1.52. The van der Waals surface area contributed by atoms with Crippen LogP contribution < -0.4 is 11.1 Å². The van der Waals surface area contributed by atoms with Crippen LogP contribution in [0.4, 0.5) is 0 Å². The monoisotopic (exact) mass is 338 g/mol. The van der Waals surface area contributed by atoms with Crippen molar-refractivity contribution >= 4 is 18.3 Å². The molecule has 126 valence electrons. The molecule has 3 N–H and O–H groups in total. The zero-order valence-electron chi connectivity index (χ0n) is 13.3. The van der Waals surface area contributed by atoms with Crippen LogP contribution in [0.1, 0.15) is 24.1 Å². The van der Waals surface area contributed by atoms with Crippen LogP contribution in [0.2, 0.25) is 0 Å². The molecule has 1 heterocycles. The molecule has 2 atom stereocenters. The molecule has 0 bridgehead atoms. The maximum absolute atomic E-state index is 11.9. The number of methoxy groups -OCH3 is 1. The summed E-state index contributed by atoms with van der Waals surface area (Å²) in [6.45, 7) is 2.80. The second kappa shape index (κ2) is 9.29. The Morgan fingerprint density at radius 2 is 2.09 bits per heavy atom. The highest BCUT2D eigenvalue weighted by Gasteiger charge is 2.17. The Labute approximate surface area is 142 Å². The van der Waals surface area contributed by atoms with Gasteiger partial charge in [0.1, 0.15) is 6.04 Å². The fourth-order valence-electron chi connectivity index (χ4n) is 2.12. The van der Waals surface area contributed by atoms with E-state index in [9.17, 15) is 4.79 Å². The van der Waals surface area contributed by atoms with Crippen molar-refractivity contribution in [1.29, 1.82) is 0 Å². The van der Waals surface area contributed by atoms with E-state index in [1.54, 1.807) is 6.20 Å². The topological polar surface area (TPSA) is 82.2 Å². The van der Waals surface area contributed by atoms with Crippen molar-refractivity contribution in [3.8, 4) is 0 Å². The Hall–Kier alpha value is -1.89. The predicted octanol–water partition coefficient (Wildman–Crippen LogP) is 1.50. The number of carbonyl (C=O) groups excluding carboxylic acids is 1. The number of rotatable bonds is 7. The van der Waals surface area contributed by atoms with E-state index in [0.29, 0.717) is 6.54 Å². The fraction of sp³-hybridized carbons (Fsp3) is 0.375. The van der Waals surface area contributed by atoms with Crippen LogP contribution in [-0.2, 0) is 16.1 Å². The number of hydrogen-bond acceptors (Lipinski definition) is 4. The van der Waals surface area contributed by atoms with E-state index in [0.717, 1.165) is 5.56 Å². The average Bonchev–Trinajstić information content (AvgIpc) is 2.97. The van der Waals surface area contributed by atoms with Gasteiger partial charge in [0.05, 0.1) is 25.4 Å². The van der Waals surface area contributed by atoms with Gasteiger partial charge in [0.25, 0.3) is 0 Å². The first-order valence-electron chi connectivity index (χ1n) is 7.21. The highest BCUT2D eigenvalue weighted by molar-refractivity contribution is 5.85. The highest BCUT2D eigenvalue weighted by Crippen LogP contribution is 2.12. The second-order valence-electron chi connectivity index (χ2n) is 5.25. The number of ether oxygens (including phenoxy) is 1. The van der Waals surface area contributed by atoms with Gasteiger partial charge in [0.15, 0.2) is 0 Å². The second-order valence-corrected chi connectivity index (χ2v) is 5.25. The zero-order valence-corrected chi connectivity index (χ0v) is 14.1. The molecule has 0 spiro atoms. The number of halogens is 1. The van der Waals surface area contributed by atoms with Crippen molar-refractivity contribution < 1.29 is 9.53 Å². The quantitative estimate of drug-likeness (QED) is 0.801. The summed E-state index contributed by atoms with van der Waals surface area (Å²) in [6.07, 6.45) is 3.69. The van der Waals surface area contributed by atoms with E-state index in [2.05, 4.69) is 22.5 Å². The summed E-state index contributed by atoms with van der Waals surface area (Å²) in [5, 5.41) is 7.19. The average molecular weight is 339 g/mol. The Balaban J connectivity index is 0.00000264. The van der Waals surface area contributed by atoms with E-state index >= 15 is 0 Å². The Morgan fingerprint density at radius 3 is 2.74 bits per heavy atom. The first-order valence-corrected chi connectivity index (χ1v) is 7.21. The lowest BCUT2D eigenvalue weighted by Crippen LogP contribution is -2.44. The molecule has 0 radical (unpaired) electrons. The molecule has 0 aliphatic rings. The molecular weight excluding hydrogens is 316 g/mol. The lowest BCUT2D eigenvalue weighted by atomic mass is 10.1. The molecule has 1 amide bonds. The molecule has 0 saturated carbocycles. The van der Waals surface area contributed by atoms with Gasteiger partial charge in [-0.05, 0) is 12.5 Å². The van der Waals surface area contributed by atoms with Crippen LogP contribution in [0.3, 0.4) is 0 Å². The molecule has 0 saturated heterocycles. The Kier molecular flexibility index (Phi) is 7.74. The molecule has 1 aromatic carbocycles. The summed E-state index contributed by atoms with van der Waals surface area (Å²) in [5.41, 5.74) is 7.82. The van der Waals surface area contributed by atoms with E-state index in [-0.39, 0.29) is 31.0 Å². The first-order chi connectivity index (χ1) is 10.6. The summed E-state index contributed by atoms with van der Waals surface area (Å²) in [5.74, 6) is -0.231. The number of benzene rings is 1. The zero-order chi connectivity index (χ0) is 15.9. The van der Waals surface area contributed by atoms with Crippen LogP contribution in [-0.4, -0.2) is 35.4 Å². The molecule has 2 unspecified atom stereocenters. The van der Waals surface area contributed by atoms with Gasteiger partial charge in [0.2, 0.25) is 5.91 Å². The minimum atomic E-state index is -0.660. The number of nitrogens with zero attached hydrogens (tertiary/aromatic N) is 2. The number of amides is 1. The summed E-state index contributed by atoms with van der Waals surface area (Å²) in [4.78, 5) is 11.9. The van der Waals surface area contributed by atoms with Gasteiger partial charge in [-0.25, -0.2) is 0 Å². The molecule has 2 aromatic rings. The van der Waals surface area contributed by atoms with Gasteiger partial charge in [-0.3, -0.25) is 9.48 Å².